The lowest BCUT2D eigenvalue weighted by Gasteiger charge is -2.05. The Morgan fingerprint density at radius 3 is 2.25 bits per heavy atom. The number of carbonyl (C=O) groups excluding carboxylic acids is 1. The lowest BCUT2D eigenvalue weighted by atomic mass is 10.2. The van der Waals surface area contributed by atoms with Gasteiger partial charge >= 0.3 is 5.97 Å². The van der Waals surface area contributed by atoms with E-state index in [4.69, 9.17) is 4.74 Å². The second kappa shape index (κ2) is 6.29. The largest absolute Gasteiger partial charge is 0.457 e. The maximum atomic E-state index is 11.8. The average Bonchev–Trinajstić information content (AvgIpc) is 2.46. The van der Waals surface area contributed by atoms with Gasteiger partial charge in [-0.3, -0.25) is 10.1 Å². The molecule has 0 unspecified atom stereocenters. The molecule has 20 heavy (non-hydrogen) atoms. The lowest BCUT2D eigenvalue weighted by Crippen LogP contribution is -2.05. The van der Waals surface area contributed by atoms with E-state index in [9.17, 15) is 14.9 Å². The predicted molar refractivity (Wildman–Crippen MR) is 76.4 cm³/mol. The molecule has 0 saturated heterocycles. The van der Waals surface area contributed by atoms with Crippen LogP contribution in [-0.2, 0) is 11.3 Å². The van der Waals surface area contributed by atoms with Gasteiger partial charge in [0.1, 0.15) is 6.61 Å². The SMILES string of the molecule is O=C(OCc1ccc([N+](=O)[O-])cc1)c1ccc(Br)cc1. The van der Waals surface area contributed by atoms with Crippen LogP contribution < -0.4 is 0 Å². The number of hydrogen-bond acceptors (Lipinski definition) is 4. The predicted octanol–water partition coefficient (Wildman–Crippen LogP) is 3.71. The first-order chi connectivity index (χ1) is 9.56. The number of nitro groups is 1. The molecule has 2 rings (SSSR count). The van der Waals surface area contributed by atoms with Crippen LogP contribution in [0.4, 0.5) is 5.69 Å². The van der Waals surface area contributed by atoms with Crippen LogP contribution in [0, 0.1) is 10.1 Å². The molecule has 0 spiro atoms. The number of carbonyl (C=O) groups is 1. The number of nitro benzene ring substituents is 1. The first kappa shape index (κ1) is 14.2. The van der Waals surface area contributed by atoms with Crippen molar-refractivity contribution in [3.8, 4) is 0 Å². The van der Waals surface area contributed by atoms with Crippen molar-refractivity contribution in [2.45, 2.75) is 6.61 Å². The molecule has 0 N–H and O–H groups in total. The summed E-state index contributed by atoms with van der Waals surface area (Å²) in [5, 5.41) is 10.5. The van der Waals surface area contributed by atoms with Crippen molar-refractivity contribution in [3.05, 3.63) is 74.2 Å². The normalized spacial score (nSPS) is 10.1. The Bertz CT molecular complexity index is 623. The van der Waals surface area contributed by atoms with Gasteiger partial charge in [-0.15, -0.1) is 0 Å². The fourth-order valence-corrected chi connectivity index (χ4v) is 1.80. The Labute approximate surface area is 123 Å². The number of non-ortho nitro benzene ring substituents is 1. The van der Waals surface area contributed by atoms with Gasteiger partial charge < -0.3 is 4.74 Å². The molecule has 0 bridgehead atoms. The summed E-state index contributed by atoms with van der Waals surface area (Å²) in [5.41, 5.74) is 1.16. The molecular weight excluding hydrogens is 326 g/mol. The van der Waals surface area contributed by atoms with Gasteiger partial charge in [0.05, 0.1) is 10.5 Å². The Morgan fingerprint density at radius 1 is 1.10 bits per heavy atom. The van der Waals surface area contributed by atoms with E-state index in [1.807, 2.05) is 0 Å². The molecule has 0 fully saturated rings. The van der Waals surface area contributed by atoms with Crippen molar-refractivity contribution < 1.29 is 14.5 Å². The molecule has 5 nitrogen and oxygen atoms in total. The van der Waals surface area contributed by atoms with Gasteiger partial charge in [0.15, 0.2) is 0 Å². The van der Waals surface area contributed by atoms with Gasteiger partial charge in [0, 0.05) is 16.6 Å². The number of benzene rings is 2. The number of nitrogens with zero attached hydrogens (tertiary/aromatic N) is 1. The van der Waals surface area contributed by atoms with Crippen LogP contribution in [0.15, 0.2) is 53.0 Å². The molecule has 102 valence electrons. The van der Waals surface area contributed by atoms with Crippen LogP contribution in [0.3, 0.4) is 0 Å². The van der Waals surface area contributed by atoms with Crippen LogP contribution in [0.25, 0.3) is 0 Å². The molecular formula is C14H10BrNO4. The molecule has 0 radical (unpaired) electrons. The molecule has 0 aliphatic rings. The first-order valence-corrected chi connectivity index (χ1v) is 6.51. The average molecular weight is 336 g/mol. The number of ether oxygens (including phenoxy) is 1. The number of hydrogen-bond donors (Lipinski definition) is 0. The van der Waals surface area contributed by atoms with Gasteiger partial charge in [-0.05, 0) is 42.0 Å². The second-order valence-corrected chi connectivity index (χ2v) is 4.92. The van der Waals surface area contributed by atoms with Crippen LogP contribution in [0.5, 0.6) is 0 Å². The minimum Gasteiger partial charge on any atom is -0.457 e. The van der Waals surface area contributed by atoms with Crippen molar-refractivity contribution in [2.75, 3.05) is 0 Å². The van der Waals surface area contributed by atoms with Crippen molar-refractivity contribution in [2.24, 2.45) is 0 Å². The third-order valence-electron chi connectivity index (χ3n) is 2.60. The lowest BCUT2D eigenvalue weighted by molar-refractivity contribution is -0.384. The number of esters is 1. The van der Waals surface area contributed by atoms with Gasteiger partial charge in [-0.2, -0.15) is 0 Å². The highest BCUT2D eigenvalue weighted by molar-refractivity contribution is 9.10. The van der Waals surface area contributed by atoms with Gasteiger partial charge in [0.25, 0.3) is 5.69 Å². The van der Waals surface area contributed by atoms with Gasteiger partial charge in [-0.1, -0.05) is 15.9 Å². The summed E-state index contributed by atoms with van der Waals surface area (Å²) in [6.07, 6.45) is 0. The summed E-state index contributed by atoms with van der Waals surface area (Å²) in [7, 11) is 0. The monoisotopic (exact) mass is 335 g/mol. The molecule has 0 amide bonds. The van der Waals surface area contributed by atoms with Crippen LogP contribution >= 0.6 is 15.9 Å². The van der Waals surface area contributed by atoms with Crippen LogP contribution in [-0.4, -0.2) is 10.9 Å². The third kappa shape index (κ3) is 3.64. The summed E-state index contributed by atoms with van der Waals surface area (Å²) in [6, 6.07) is 12.7. The van der Waals surface area contributed by atoms with Crippen molar-refractivity contribution >= 4 is 27.6 Å². The van der Waals surface area contributed by atoms with E-state index in [0.717, 1.165) is 4.47 Å². The molecule has 2 aromatic rings. The Kier molecular flexibility index (Phi) is 4.47. The summed E-state index contributed by atoms with van der Waals surface area (Å²) >= 11 is 3.28. The minimum atomic E-state index is -0.475. The molecule has 0 saturated carbocycles. The first-order valence-electron chi connectivity index (χ1n) is 5.72. The van der Waals surface area contributed by atoms with Crippen LogP contribution in [0.1, 0.15) is 15.9 Å². The second-order valence-electron chi connectivity index (χ2n) is 4.01. The summed E-state index contributed by atoms with van der Waals surface area (Å²) in [5.74, 6) is -0.434. The van der Waals surface area contributed by atoms with Gasteiger partial charge in [-0.25, -0.2) is 4.79 Å². The maximum absolute atomic E-state index is 11.8. The van der Waals surface area contributed by atoms with Crippen LogP contribution in [0.2, 0.25) is 0 Å². The molecule has 0 atom stereocenters. The summed E-state index contributed by atoms with van der Waals surface area (Å²) in [6.45, 7) is 0.0763. The van der Waals surface area contributed by atoms with E-state index in [1.165, 1.54) is 12.1 Å². The molecule has 2 aromatic carbocycles. The smallest absolute Gasteiger partial charge is 0.338 e. The van der Waals surface area contributed by atoms with E-state index in [2.05, 4.69) is 15.9 Å². The minimum absolute atomic E-state index is 0.00739. The van der Waals surface area contributed by atoms with Crippen molar-refractivity contribution in [1.29, 1.82) is 0 Å². The molecule has 0 aromatic heterocycles. The zero-order valence-electron chi connectivity index (χ0n) is 10.3. The van der Waals surface area contributed by atoms with Crippen molar-refractivity contribution in [1.82, 2.24) is 0 Å². The third-order valence-corrected chi connectivity index (χ3v) is 3.13. The topological polar surface area (TPSA) is 69.4 Å². The highest BCUT2D eigenvalue weighted by atomic mass is 79.9. The molecule has 0 heterocycles. The highest BCUT2D eigenvalue weighted by Gasteiger charge is 2.08. The van der Waals surface area contributed by atoms with E-state index in [-0.39, 0.29) is 12.3 Å². The van der Waals surface area contributed by atoms with E-state index in [1.54, 1.807) is 36.4 Å². The Morgan fingerprint density at radius 2 is 1.70 bits per heavy atom. The molecule has 0 aliphatic heterocycles. The standard InChI is InChI=1S/C14H10BrNO4/c15-12-5-3-11(4-6-12)14(17)20-9-10-1-7-13(8-2-10)16(18)19/h1-8H,9H2. The zero-order valence-corrected chi connectivity index (χ0v) is 11.9. The van der Waals surface area contributed by atoms with Crippen molar-refractivity contribution in [3.63, 3.8) is 0 Å². The highest BCUT2D eigenvalue weighted by Crippen LogP contribution is 2.14. The summed E-state index contributed by atoms with van der Waals surface area (Å²) < 4.78 is 6.01. The Balaban J connectivity index is 1.96. The molecule has 6 heteroatoms. The maximum Gasteiger partial charge on any atom is 0.338 e. The quantitative estimate of drug-likeness (QED) is 0.485. The van der Waals surface area contributed by atoms with E-state index in [0.29, 0.717) is 11.1 Å². The number of halogens is 1. The molecule has 0 aliphatic carbocycles. The fourth-order valence-electron chi connectivity index (χ4n) is 1.53. The van der Waals surface area contributed by atoms with E-state index < -0.39 is 10.9 Å². The Hall–Kier alpha value is -2.21. The number of rotatable bonds is 4. The summed E-state index contributed by atoms with van der Waals surface area (Å²) in [4.78, 5) is 21.8. The fraction of sp³-hybridized carbons (Fsp3) is 0.0714. The zero-order chi connectivity index (χ0) is 14.5. The van der Waals surface area contributed by atoms with Gasteiger partial charge in [0.2, 0.25) is 0 Å². The van der Waals surface area contributed by atoms with E-state index >= 15 is 0 Å².